The minimum Gasteiger partial charge on any atom is -0.489 e. The fourth-order valence-corrected chi connectivity index (χ4v) is 3.31. The molecule has 0 radical (unpaired) electrons. The molecule has 2 atom stereocenters. The number of ether oxygens (including phenoxy) is 1. The number of hydrogen-bond donors (Lipinski definition) is 3. The van der Waals surface area contributed by atoms with Gasteiger partial charge in [0.2, 0.25) is 5.91 Å². The number of benzene rings is 2. The van der Waals surface area contributed by atoms with E-state index in [-0.39, 0.29) is 31.0 Å². The monoisotopic (exact) mass is 358 g/mol. The predicted octanol–water partition coefficient (Wildman–Crippen LogP) is 2.31. The third kappa shape index (κ3) is 3.71. The van der Waals surface area contributed by atoms with Gasteiger partial charge >= 0.3 is 0 Å². The number of aliphatic hydroxyl groups excluding tert-OH is 1. The summed E-state index contributed by atoms with van der Waals surface area (Å²) < 4.78 is 19.3. The summed E-state index contributed by atoms with van der Waals surface area (Å²) in [5, 5.41) is 15.5. The molecule has 1 fully saturated rings. The van der Waals surface area contributed by atoms with Gasteiger partial charge in [-0.1, -0.05) is 30.3 Å². The largest absolute Gasteiger partial charge is 0.489 e. The number of rotatable bonds is 6. The Morgan fingerprint density at radius 2 is 2.04 bits per heavy atom. The van der Waals surface area contributed by atoms with E-state index in [1.54, 1.807) is 25.2 Å². The first-order valence-electron chi connectivity index (χ1n) is 8.65. The van der Waals surface area contributed by atoms with Gasteiger partial charge in [0.1, 0.15) is 23.7 Å². The van der Waals surface area contributed by atoms with Gasteiger partial charge in [-0.3, -0.25) is 10.1 Å². The zero-order chi connectivity index (χ0) is 18.6. The van der Waals surface area contributed by atoms with Crippen LogP contribution in [0.4, 0.5) is 4.39 Å². The van der Waals surface area contributed by atoms with Crippen LogP contribution in [0.25, 0.3) is 0 Å². The van der Waals surface area contributed by atoms with Crippen LogP contribution in [0.3, 0.4) is 0 Å². The molecule has 0 spiro atoms. The van der Waals surface area contributed by atoms with E-state index in [0.29, 0.717) is 17.7 Å². The molecule has 0 aromatic heterocycles. The fraction of sp³-hybridized carbons (Fsp3) is 0.350. The smallest absolute Gasteiger partial charge is 0.242 e. The molecular weight excluding hydrogens is 335 g/mol. The standard InChI is InChI=1S/C20H23FN2O3/c1-22-19(25)20(13-24)11-10-18(23-20)14-6-8-16(9-7-14)26-12-15-4-2-3-5-17(15)21/h2-9,18,23-24H,10-13H2,1H3,(H,22,25)/t18-,20-/m1/s1. The number of nitrogens with one attached hydrogen (secondary N) is 2. The highest BCUT2D eigenvalue weighted by molar-refractivity contribution is 5.86. The Hall–Kier alpha value is -2.44. The number of hydrogen-bond acceptors (Lipinski definition) is 4. The van der Waals surface area contributed by atoms with Crippen LogP contribution in [0.5, 0.6) is 5.75 Å². The van der Waals surface area contributed by atoms with Gasteiger partial charge in [-0.2, -0.15) is 0 Å². The molecule has 1 heterocycles. The van der Waals surface area contributed by atoms with Crippen LogP contribution >= 0.6 is 0 Å². The van der Waals surface area contributed by atoms with Crippen LogP contribution in [-0.2, 0) is 11.4 Å². The van der Waals surface area contributed by atoms with Crippen molar-refractivity contribution in [2.45, 2.75) is 31.0 Å². The van der Waals surface area contributed by atoms with Gasteiger partial charge in [0.15, 0.2) is 0 Å². The summed E-state index contributed by atoms with van der Waals surface area (Å²) in [5.74, 6) is 0.163. The molecule has 3 N–H and O–H groups in total. The van der Waals surface area contributed by atoms with E-state index < -0.39 is 5.54 Å². The Bertz CT molecular complexity index is 766. The zero-order valence-corrected chi connectivity index (χ0v) is 14.7. The van der Waals surface area contributed by atoms with Crippen molar-refractivity contribution < 1.29 is 19.0 Å². The van der Waals surface area contributed by atoms with Crippen LogP contribution in [0, 0.1) is 5.82 Å². The summed E-state index contributed by atoms with van der Waals surface area (Å²) >= 11 is 0. The zero-order valence-electron chi connectivity index (χ0n) is 14.7. The normalized spacial score (nSPS) is 22.2. The Kier molecular flexibility index (Phi) is 5.54. The lowest BCUT2D eigenvalue weighted by Gasteiger charge is -2.26. The lowest BCUT2D eigenvalue weighted by atomic mass is 9.97. The summed E-state index contributed by atoms with van der Waals surface area (Å²) in [6.07, 6.45) is 1.32. The molecule has 2 aromatic rings. The molecule has 3 rings (SSSR count). The summed E-state index contributed by atoms with van der Waals surface area (Å²) in [6.45, 7) is -0.0784. The van der Waals surface area contributed by atoms with Crippen molar-refractivity contribution in [1.29, 1.82) is 0 Å². The Morgan fingerprint density at radius 3 is 2.69 bits per heavy atom. The van der Waals surface area contributed by atoms with E-state index in [4.69, 9.17) is 4.74 Å². The van der Waals surface area contributed by atoms with Crippen LogP contribution in [0.2, 0.25) is 0 Å². The van der Waals surface area contributed by atoms with Crippen molar-refractivity contribution in [3.8, 4) is 5.75 Å². The molecule has 0 bridgehead atoms. The molecule has 1 amide bonds. The van der Waals surface area contributed by atoms with Crippen LogP contribution in [0.1, 0.15) is 30.0 Å². The molecule has 138 valence electrons. The molecule has 0 unspecified atom stereocenters. The molecule has 1 aliphatic heterocycles. The van der Waals surface area contributed by atoms with Gasteiger partial charge in [-0.05, 0) is 36.6 Å². The highest BCUT2D eigenvalue weighted by Gasteiger charge is 2.44. The summed E-state index contributed by atoms with van der Waals surface area (Å²) in [6, 6.07) is 14.0. The number of amides is 1. The van der Waals surface area contributed by atoms with Crippen LogP contribution < -0.4 is 15.4 Å². The number of halogens is 1. The van der Waals surface area contributed by atoms with Gasteiger partial charge < -0.3 is 15.2 Å². The number of carbonyl (C=O) groups is 1. The Morgan fingerprint density at radius 1 is 1.31 bits per heavy atom. The lowest BCUT2D eigenvalue weighted by Crippen LogP contribution is -2.55. The van der Waals surface area contributed by atoms with Crippen molar-refractivity contribution in [3.05, 3.63) is 65.5 Å². The minimum absolute atomic E-state index is 0.0138. The second kappa shape index (κ2) is 7.85. The van der Waals surface area contributed by atoms with E-state index in [1.165, 1.54) is 6.07 Å². The van der Waals surface area contributed by atoms with Crippen LogP contribution in [0.15, 0.2) is 48.5 Å². The van der Waals surface area contributed by atoms with E-state index in [1.807, 2.05) is 24.3 Å². The van der Waals surface area contributed by atoms with Crippen molar-refractivity contribution in [2.24, 2.45) is 0 Å². The van der Waals surface area contributed by atoms with Gasteiger partial charge in [-0.15, -0.1) is 0 Å². The molecular formula is C20H23FN2O3. The second-order valence-electron chi connectivity index (χ2n) is 6.50. The van der Waals surface area contributed by atoms with E-state index in [9.17, 15) is 14.3 Å². The molecule has 26 heavy (non-hydrogen) atoms. The average Bonchev–Trinajstić information content (AvgIpc) is 3.13. The van der Waals surface area contributed by atoms with Gasteiger partial charge in [-0.25, -0.2) is 4.39 Å². The third-order valence-corrected chi connectivity index (χ3v) is 4.88. The molecule has 6 heteroatoms. The Labute approximate surface area is 152 Å². The first-order chi connectivity index (χ1) is 12.6. The first kappa shape index (κ1) is 18.4. The first-order valence-corrected chi connectivity index (χ1v) is 8.65. The van der Waals surface area contributed by atoms with Gasteiger partial charge in [0.25, 0.3) is 0 Å². The molecule has 1 saturated heterocycles. The molecule has 0 aliphatic carbocycles. The van der Waals surface area contributed by atoms with Crippen molar-refractivity contribution in [1.82, 2.24) is 10.6 Å². The van der Waals surface area contributed by atoms with Gasteiger partial charge in [0.05, 0.1) is 6.61 Å². The fourth-order valence-electron chi connectivity index (χ4n) is 3.31. The second-order valence-corrected chi connectivity index (χ2v) is 6.50. The van der Waals surface area contributed by atoms with E-state index >= 15 is 0 Å². The Balaban J connectivity index is 1.63. The van der Waals surface area contributed by atoms with E-state index in [0.717, 1.165) is 12.0 Å². The average molecular weight is 358 g/mol. The van der Waals surface area contributed by atoms with Crippen LogP contribution in [-0.4, -0.2) is 30.2 Å². The van der Waals surface area contributed by atoms with Crippen molar-refractivity contribution in [3.63, 3.8) is 0 Å². The highest BCUT2D eigenvalue weighted by atomic mass is 19.1. The summed E-state index contributed by atoms with van der Waals surface area (Å²) in [4.78, 5) is 12.1. The number of likely N-dealkylation sites (N-methyl/N-ethyl adjacent to an activating group) is 1. The van der Waals surface area contributed by atoms with Crippen molar-refractivity contribution in [2.75, 3.05) is 13.7 Å². The van der Waals surface area contributed by atoms with E-state index in [2.05, 4.69) is 10.6 Å². The summed E-state index contributed by atoms with van der Waals surface area (Å²) in [5.41, 5.74) is 0.592. The quantitative estimate of drug-likeness (QED) is 0.741. The summed E-state index contributed by atoms with van der Waals surface area (Å²) in [7, 11) is 1.57. The molecule has 2 aromatic carbocycles. The molecule has 1 aliphatic rings. The number of aliphatic hydroxyl groups is 1. The van der Waals surface area contributed by atoms with Crippen molar-refractivity contribution >= 4 is 5.91 Å². The van der Waals surface area contributed by atoms with Gasteiger partial charge in [0, 0.05) is 18.7 Å². The number of carbonyl (C=O) groups excluding carboxylic acids is 1. The predicted molar refractivity (Wildman–Crippen MR) is 96.2 cm³/mol. The minimum atomic E-state index is -0.931. The SMILES string of the molecule is CNC(=O)[C@]1(CO)CC[C@H](c2ccc(OCc3ccccc3F)cc2)N1. The molecule has 0 saturated carbocycles. The third-order valence-electron chi connectivity index (χ3n) is 4.88. The maximum atomic E-state index is 13.6. The lowest BCUT2D eigenvalue weighted by molar-refractivity contribution is -0.128. The maximum Gasteiger partial charge on any atom is 0.242 e. The molecule has 5 nitrogen and oxygen atoms in total. The highest BCUT2D eigenvalue weighted by Crippen LogP contribution is 2.33. The maximum absolute atomic E-state index is 13.6. The topological polar surface area (TPSA) is 70.6 Å².